The molecule has 2 saturated carbocycles. The summed E-state index contributed by atoms with van der Waals surface area (Å²) in [5.41, 5.74) is 0.987. The fraction of sp³-hybridized carbons (Fsp3) is 0.583. The smallest absolute Gasteiger partial charge is 0.402 e. The second kappa shape index (κ2) is 8.35. The highest BCUT2D eigenvalue weighted by atomic mass is 19.4. The molecule has 2 aliphatic rings. The normalized spacial score (nSPS) is 27.1. The van der Waals surface area contributed by atoms with E-state index in [0.717, 1.165) is 42.7 Å². The topological polar surface area (TPSA) is 9.23 Å². The van der Waals surface area contributed by atoms with Gasteiger partial charge in [-0.2, -0.15) is 4.39 Å². The van der Waals surface area contributed by atoms with E-state index in [1.807, 2.05) is 0 Å². The van der Waals surface area contributed by atoms with Crippen molar-refractivity contribution < 1.29 is 26.7 Å². The Balaban J connectivity index is 1.57. The van der Waals surface area contributed by atoms with Gasteiger partial charge in [0.2, 0.25) is 5.82 Å². The molecule has 0 heterocycles. The molecule has 4 unspecified atom stereocenters. The fourth-order valence-corrected chi connectivity index (χ4v) is 5.76. The maximum absolute atomic E-state index is 14.0. The van der Waals surface area contributed by atoms with Crippen LogP contribution in [-0.4, -0.2) is 6.36 Å². The number of alkyl halides is 3. The number of hydrogen-bond donors (Lipinski definition) is 0. The van der Waals surface area contributed by atoms with Crippen LogP contribution in [0.1, 0.15) is 69.8 Å². The van der Waals surface area contributed by atoms with Gasteiger partial charge in [0, 0.05) is 5.39 Å². The molecule has 0 bridgehead atoms. The van der Waals surface area contributed by atoms with Crippen molar-refractivity contribution in [2.75, 3.05) is 0 Å². The summed E-state index contributed by atoms with van der Waals surface area (Å²) in [6.45, 7) is 2.24. The highest BCUT2D eigenvalue weighted by Crippen LogP contribution is 2.49. The average Bonchev–Trinajstić information content (AvgIpc) is 2.70. The van der Waals surface area contributed by atoms with E-state index in [-0.39, 0.29) is 10.8 Å². The van der Waals surface area contributed by atoms with Crippen molar-refractivity contribution in [1.29, 1.82) is 0 Å². The average molecular weight is 426 g/mol. The Morgan fingerprint density at radius 3 is 2.43 bits per heavy atom. The highest BCUT2D eigenvalue weighted by molar-refractivity contribution is 5.89. The molecule has 0 spiro atoms. The van der Waals surface area contributed by atoms with Gasteiger partial charge in [0.05, 0.1) is 0 Å². The largest absolute Gasteiger partial charge is 0.573 e. The van der Waals surface area contributed by atoms with Gasteiger partial charge >= 0.3 is 6.36 Å². The third kappa shape index (κ3) is 4.42. The predicted molar refractivity (Wildman–Crippen MR) is 106 cm³/mol. The molecule has 0 aromatic heterocycles. The quantitative estimate of drug-likeness (QED) is 0.449. The molecule has 164 valence electrons. The monoisotopic (exact) mass is 426 g/mol. The van der Waals surface area contributed by atoms with Gasteiger partial charge < -0.3 is 4.74 Å². The number of rotatable bonds is 4. The second-order valence-corrected chi connectivity index (χ2v) is 9.03. The zero-order valence-corrected chi connectivity index (χ0v) is 17.1. The number of hydrogen-bond acceptors (Lipinski definition) is 1. The first-order valence-corrected chi connectivity index (χ1v) is 10.9. The van der Waals surface area contributed by atoms with Gasteiger partial charge in [0.15, 0.2) is 11.6 Å². The van der Waals surface area contributed by atoms with Crippen LogP contribution in [0.3, 0.4) is 0 Å². The van der Waals surface area contributed by atoms with E-state index >= 15 is 0 Å². The summed E-state index contributed by atoms with van der Waals surface area (Å²) in [7, 11) is 0. The van der Waals surface area contributed by atoms with Crippen LogP contribution >= 0.6 is 0 Å². The minimum Gasteiger partial charge on any atom is -0.402 e. The van der Waals surface area contributed by atoms with Gasteiger partial charge in [-0.05, 0) is 72.8 Å². The van der Waals surface area contributed by atoms with Crippen LogP contribution < -0.4 is 4.74 Å². The third-order valence-electron chi connectivity index (χ3n) is 7.12. The molecule has 0 aliphatic heterocycles. The van der Waals surface area contributed by atoms with Crippen LogP contribution in [0.25, 0.3) is 10.8 Å². The Hall–Kier alpha value is -1.85. The molecule has 2 fully saturated rings. The molecule has 30 heavy (non-hydrogen) atoms. The summed E-state index contributed by atoms with van der Waals surface area (Å²) < 4.78 is 69.8. The molecule has 2 aromatic rings. The molecular weight excluding hydrogens is 399 g/mol. The summed E-state index contributed by atoms with van der Waals surface area (Å²) in [6.07, 6.45) is 4.53. The number of ether oxygens (including phenoxy) is 1. The lowest BCUT2D eigenvalue weighted by Crippen LogP contribution is -2.30. The van der Waals surface area contributed by atoms with Gasteiger partial charge in [-0.25, -0.2) is 4.39 Å². The van der Waals surface area contributed by atoms with E-state index < -0.39 is 23.7 Å². The van der Waals surface area contributed by atoms with Crippen molar-refractivity contribution in [3.8, 4) is 5.75 Å². The van der Waals surface area contributed by atoms with Crippen LogP contribution in [0.15, 0.2) is 24.3 Å². The molecule has 0 N–H and O–H groups in total. The lowest BCUT2D eigenvalue weighted by molar-refractivity contribution is -0.275. The fourth-order valence-electron chi connectivity index (χ4n) is 5.76. The van der Waals surface area contributed by atoms with Crippen LogP contribution in [-0.2, 0) is 0 Å². The van der Waals surface area contributed by atoms with Gasteiger partial charge in [-0.15, -0.1) is 13.2 Å². The molecule has 2 aliphatic carbocycles. The maximum atomic E-state index is 14.0. The number of halogens is 5. The van der Waals surface area contributed by atoms with Crippen molar-refractivity contribution in [2.24, 2.45) is 17.8 Å². The van der Waals surface area contributed by atoms with Crippen LogP contribution in [0, 0.1) is 29.4 Å². The molecule has 4 atom stereocenters. The summed E-state index contributed by atoms with van der Waals surface area (Å²) in [6, 6.07) is 5.84. The van der Waals surface area contributed by atoms with Gasteiger partial charge in [-0.3, -0.25) is 0 Å². The predicted octanol–water partition coefficient (Wildman–Crippen LogP) is 8.12. The van der Waals surface area contributed by atoms with E-state index in [1.165, 1.54) is 38.2 Å². The molecule has 0 radical (unpaired) electrons. The highest BCUT2D eigenvalue weighted by Gasteiger charge is 2.36. The Bertz CT molecular complexity index is 907. The molecule has 1 nitrogen and oxygen atoms in total. The van der Waals surface area contributed by atoms with E-state index in [0.29, 0.717) is 11.8 Å². The van der Waals surface area contributed by atoms with Gasteiger partial charge in [-0.1, -0.05) is 44.4 Å². The maximum Gasteiger partial charge on any atom is 0.573 e. The van der Waals surface area contributed by atoms with Crippen molar-refractivity contribution in [2.45, 2.75) is 70.6 Å². The summed E-state index contributed by atoms with van der Waals surface area (Å²) >= 11 is 0. The minimum absolute atomic E-state index is 0.0660. The van der Waals surface area contributed by atoms with Crippen LogP contribution in [0.5, 0.6) is 5.75 Å². The first-order valence-electron chi connectivity index (χ1n) is 10.9. The standard InChI is InChI=1S/C24H27F5O/c1-2-3-14-4-5-16-11-17(7-6-15(16)10-14)18-8-9-20-19(12-18)13-21(25)22(26)23(20)30-24(27,28)29/h8-9,12-17H,2-7,10-11H2,1H3. The first kappa shape index (κ1) is 21.4. The Morgan fingerprint density at radius 2 is 1.70 bits per heavy atom. The molecule has 6 heteroatoms. The van der Waals surface area contributed by atoms with Gasteiger partial charge in [0.1, 0.15) is 0 Å². The van der Waals surface area contributed by atoms with Crippen LogP contribution in [0.4, 0.5) is 22.0 Å². The molecular formula is C24H27F5O. The molecule has 2 aromatic carbocycles. The third-order valence-corrected chi connectivity index (χ3v) is 7.12. The number of benzene rings is 2. The van der Waals surface area contributed by atoms with Crippen LogP contribution in [0.2, 0.25) is 0 Å². The van der Waals surface area contributed by atoms with Gasteiger partial charge in [0.25, 0.3) is 0 Å². The van der Waals surface area contributed by atoms with Crippen molar-refractivity contribution in [3.05, 3.63) is 41.5 Å². The van der Waals surface area contributed by atoms with E-state index in [4.69, 9.17) is 0 Å². The zero-order chi connectivity index (χ0) is 21.5. The summed E-state index contributed by atoms with van der Waals surface area (Å²) in [5, 5.41) is 0.170. The lowest BCUT2D eigenvalue weighted by atomic mass is 9.63. The molecule has 0 amide bonds. The van der Waals surface area contributed by atoms with E-state index in [1.54, 1.807) is 12.1 Å². The van der Waals surface area contributed by atoms with Crippen molar-refractivity contribution in [3.63, 3.8) is 0 Å². The summed E-state index contributed by atoms with van der Waals surface area (Å²) in [4.78, 5) is 0. The second-order valence-electron chi connectivity index (χ2n) is 9.03. The lowest BCUT2D eigenvalue weighted by Gasteiger charge is -2.42. The molecule has 4 rings (SSSR count). The number of fused-ring (bicyclic) bond motifs is 2. The minimum atomic E-state index is -5.09. The SMILES string of the molecule is CCCC1CCC2CC(c3ccc4c(OC(F)(F)F)c(F)c(F)cc4c3)CCC2C1. The zero-order valence-electron chi connectivity index (χ0n) is 17.1. The van der Waals surface area contributed by atoms with E-state index in [2.05, 4.69) is 11.7 Å². The van der Waals surface area contributed by atoms with E-state index in [9.17, 15) is 22.0 Å². The Morgan fingerprint density at radius 1 is 0.967 bits per heavy atom. The first-order chi connectivity index (χ1) is 14.2. The van der Waals surface area contributed by atoms with Crippen molar-refractivity contribution >= 4 is 10.8 Å². The Labute approximate surface area is 173 Å². The van der Waals surface area contributed by atoms with Crippen molar-refractivity contribution in [1.82, 2.24) is 0 Å². The molecule has 0 saturated heterocycles. The summed E-state index contributed by atoms with van der Waals surface area (Å²) in [5.74, 6) is -1.44. The Kier molecular flexibility index (Phi) is 5.95.